The molecule has 0 unspecified atom stereocenters. The van der Waals surface area contributed by atoms with Crippen molar-refractivity contribution in [3.8, 4) is 11.7 Å². The van der Waals surface area contributed by atoms with Crippen molar-refractivity contribution in [3.63, 3.8) is 0 Å². The van der Waals surface area contributed by atoms with Gasteiger partial charge in [0, 0.05) is 29.8 Å². The van der Waals surface area contributed by atoms with Crippen LogP contribution in [-0.2, 0) is 0 Å². The third kappa shape index (κ3) is 3.07. The first-order valence-electron chi connectivity index (χ1n) is 7.76. The van der Waals surface area contributed by atoms with Crippen molar-refractivity contribution in [1.82, 2.24) is 10.6 Å². The van der Waals surface area contributed by atoms with E-state index in [1.165, 1.54) is 12.7 Å². The Bertz CT molecular complexity index is 713. The van der Waals surface area contributed by atoms with Gasteiger partial charge in [-0.1, -0.05) is 11.6 Å². The Kier molecular flexibility index (Phi) is 3.75. The summed E-state index contributed by atoms with van der Waals surface area (Å²) in [5, 5.41) is 7.12. The van der Waals surface area contributed by atoms with Crippen LogP contribution in [0, 0.1) is 0 Å². The number of rotatable bonds is 4. The maximum atomic E-state index is 12.3. The van der Waals surface area contributed by atoms with E-state index in [-0.39, 0.29) is 11.9 Å². The molecule has 0 radical (unpaired) electrons. The number of amides is 1. The summed E-state index contributed by atoms with van der Waals surface area (Å²) < 4.78 is 10.6. The molecule has 0 aliphatic carbocycles. The first-order valence-corrected chi connectivity index (χ1v) is 8.14. The van der Waals surface area contributed by atoms with Gasteiger partial charge in [0.25, 0.3) is 11.9 Å². The van der Waals surface area contributed by atoms with Gasteiger partial charge in [-0.15, -0.1) is 0 Å². The van der Waals surface area contributed by atoms with E-state index < -0.39 is 0 Å². The number of fused-ring (bicyclic) bond motifs is 2. The lowest BCUT2D eigenvalue weighted by Crippen LogP contribution is -2.42. The Morgan fingerprint density at radius 2 is 2.13 bits per heavy atom. The quantitative estimate of drug-likeness (QED) is 0.901. The normalized spacial score (nSPS) is 25.5. The summed E-state index contributed by atoms with van der Waals surface area (Å²) >= 11 is 5.77. The van der Waals surface area contributed by atoms with Crippen LogP contribution in [-0.4, -0.2) is 24.0 Å². The lowest BCUT2D eigenvalue weighted by molar-refractivity contribution is 0.0931. The van der Waals surface area contributed by atoms with E-state index in [1.54, 1.807) is 30.3 Å². The maximum absolute atomic E-state index is 12.3. The molecule has 6 heteroatoms. The van der Waals surface area contributed by atoms with Crippen molar-refractivity contribution in [2.45, 2.75) is 37.4 Å². The van der Waals surface area contributed by atoms with E-state index in [2.05, 4.69) is 10.6 Å². The van der Waals surface area contributed by atoms with Crippen molar-refractivity contribution in [1.29, 1.82) is 0 Å². The summed E-state index contributed by atoms with van der Waals surface area (Å²) in [7, 11) is 0. The third-order valence-electron chi connectivity index (χ3n) is 4.49. The number of halogens is 1. The smallest absolute Gasteiger partial charge is 0.291 e. The SMILES string of the molecule is O=C(N[C@@H]1C[C@H]2CC[C@@H]1N2)c1ccc(Oc2cc(Cl)co2)cc1. The second kappa shape index (κ2) is 5.91. The molecule has 3 atom stereocenters. The highest BCUT2D eigenvalue weighted by Gasteiger charge is 2.39. The minimum Gasteiger partial charge on any atom is -0.432 e. The average molecular weight is 333 g/mol. The Morgan fingerprint density at radius 3 is 2.74 bits per heavy atom. The van der Waals surface area contributed by atoms with Crippen molar-refractivity contribution >= 4 is 17.5 Å². The fourth-order valence-corrected chi connectivity index (χ4v) is 3.51. The van der Waals surface area contributed by atoms with Gasteiger partial charge in [-0.05, 0) is 43.5 Å². The molecule has 1 aromatic carbocycles. The van der Waals surface area contributed by atoms with Gasteiger partial charge >= 0.3 is 0 Å². The summed E-state index contributed by atoms with van der Waals surface area (Å²) in [6, 6.07) is 9.80. The number of benzene rings is 1. The molecule has 0 spiro atoms. The predicted molar refractivity (Wildman–Crippen MR) is 86.1 cm³/mol. The van der Waals surface area contributed by atoms with E-state index in [9.17, 15) is 4.79 Å². The second-order valence-electron chi connectivity index (χ2n) is 6.07. The number of nitrogens with one attached hydrogen (secondary N) is 2. The van der Waals surface area contributed by atoms with Crippen LogP contribution in [0.2, 0.25) is 5.02 Å². The Hall–Kier alpha value is -1.98. The first kappa shape index (κ1) is 14.6. The van der Waals surface area contributed by atoms with Crippen molar-refractivity contribution < 1.29 is 13.9 Å². The van der Waals surface area contributed by atoms with Crippen LogP contribution >= 0.6 is 11.6 Å². The van der Waals surface area contributed by atoms with Gasteiger partial charge < -0.3 is 19.8 Å². The molecule has 2 N–H and O–H groups in total. The van der Waals surface area contributed by atoms with Crippen LogP contribution in [0.4, 0.5) is 0 Å². The molecule has 4 rings (SSSR count). The molecule has 0 saturated carbocycles. The van der Waals surface area contributed by atoms with Gasteiger partial charge in [0.1, 0.15) is 12.0 Å². The zero-order chi connectivity index (χ0) is 15.8. The number of hydrogen-bond donors (Lipinski definition) is 2. The average Bonchev–Trinajstić information content (AvgIpc) is 3.25. The van der Waals surface area contributed by atoms with E-state index >= 15 is 0 Å². The van der Waals surface area contributed by atoms with Gasteiger partial charge in [-0.3, -0.25) is 4.79 Å². The van der Waals surface area contributed by atoms with Crippen LogP contribution in [0.25, 0.3) is 0 Å². The molecule has 120 valence electrons. The highest BCUT2D eigenvalue weighted by Crippen LogP contribution is 2.29. The fraction of sp³-hybridized carbons (Fsp3) is 0.353. The topological polar surface area (TPSA) is 63.5 Å². The van der Waals surface area contributed by atoms with Crippen molar-refractivity contribution in [2.75, 3.05) is 0 Å². The van der Waals surface area contributed by atoms with Gasteiger partial charge in [-0.2, -0.15) is 0 Å². The minimum absolute atomic E-state index is 0.0445. The summed E-state index contributed by atoms with van der Waals surface area (Å²) in [6.07, 6.45) is 4.80. The minimum atomic E-state index is -0.0445. The Balaban J connectivity index is 1.38. The van der Waals surface area contributed by atoms with Crippen LogP contribution in [0.3, 0.4) is 0 Å². The summed E-state index contributed by atoms with van der Waals surface area (Å²) in [5.41, 5.74) is 0.623. The number of ether oxygens (including phenoxy) is 1. The molecule has 1 aromatic heterocycles. The zero-order valence-electron chi connectivity index (χ0n) is 12.4. The number of carbonyl (C=O) groups is 1. The second-order valence-corrected chi connectivity index (χ2v) is 6.51. The van der Waals surface area contributed by atoms with Gasteiger partial charge in [0.05, 0.1) is 5.02 Å². The Morgan fingerprint density at radius 1 is 1.30 bits per heavy atom. The molecule has 2 aliphatic heterocycles. The standard InChI is InChI=1S/C17H17ClN2O3/c18-11-7-16(22-9-11)23-13-4-1-10(2-5-13)17(21)20-15-8-12-3-6-14(15)19-12/h1-2,4-5,7,9,12,14-15,19H,3,6,8H2,(H,20,21)/t12-,14+,15-/m1/s1. The maximum Gasteiger partial charge on any atom is 0.291 e. The molecule has 3 heterocycles. The molecule has 1 amide bonds. The summed E-state index contributed by atoms with van der Waals surface area (Å²) in [5.74, 6) is 0.867. The highest BCUT2D eigenvalue weighted by molar-refractivity contribution is 6.30. The monoisotopic (exact) mass is 332 g/mol. The lowest BCUT2D eigenvalue weighted by Gasteiger charge is -2.21. The van der Waals surface area contributed by atoms with Crippen LogP contribution < -0.4 is 15.4 Å². The molecule has 2 aromatic rings. The highest BCUT2D eigenvalue weighted by atomic mass is 35.5. The number of hydrogen-bond acceptors (Lipinski definition) is 4. The zero-order valence-corrected chi connectivity index (χ0v) is 13.2. The molecule has 2 bridgehead atoms. The van der Waals surface area contributed by atoms with Crippen molar-refractivity contribution in [3.05, 3.63) is 47.2 Å². The lowest BCUT2D eigenvalue weighted by atomic mass is 9.95. The Labute approximate surface area is 139 Å². The van der Waals surface area contributed by atoms with Crippen LogP contribution in [0.1, 0.15) is 29.6 Å². The third-order valence-corrected chi connectivity index (χ3v) is 4.69. The number of furan rings is 1. The van der Waals surface area contributed by atoms with E-state index in [4.69, 9.17) is 20.8 Å². The fourth-order valence-electron chi connectivity index (χ4n) is 3.37. The molecule has 5 nitrogen and oxygen atoms in total. The van der Waals surface area contributed by atoms with Crippen molar-refractivity contribution in [2.24, 2.45) is 0 Å². The predicted octanol–water partition coefficient (Wildman–Crippen LogP) is 3.35. The van der Waals surface area contributed by atoms with E-state index in [0.29, 0.717) is 34.4 Å². The molecule has 2 fully saturated rings. The number of carbonyl (C=O) groups excluding carboxylic acids is 1. The molecular weight excluding hydrogens is 316 g/mol. The van der Waals surface area contributed by atoms with E-state index in [0.717, 1.165) is 12.8 Å². The molecular formula is C17H17ClN2O3. The van der Waals surface area contributed by atoms with Gasteiger partial charge in [0.2, 0.25) is 0 Å². The van der Waals surface area contributed by atoms with Crippen LogP contribution in [0.15, 0.2) is 41.0 Å². The molecule has 23 heavy (non-hydrogen) atoms. The van der Waals surface area contributed by atoms with Gasteiger partial charge in [0.15, 0.2) is 0 Å². The molecule has 2 saturated heterocycles. The summed E-state index contributed by atoms with van der Waals surface area (Å²) in [4.78, 5) is 12.3. The first-order chi connectivity index (χ1) is 11.2. The summed E-state index contributed by atoms with van der Waals surface area (Å²) in [6.45, 7) is 0. The van der Waals surface area contributed by atoms with Gasteiger partial charge in [-0.25, -0.2) is 0 Å². The van der Waals surface area contributed by atoms with E-state index in [1.807, 2.05) is 0 Å². The molecule has 2 aliphatic rings. The largest absolute Gasteiger partial charge is 0.432 e. The van der Waals surface area contributed by atoms with Crippen LogP contribution in [0.5, 0.6) is 11.7 Å².